The second-order valence-corrected chi connectivity index (χ2v) is 6.22. The number of nitro benzene ring substituents is 1. The van der Waals surface area contributed by atoms with Gasteiger partial charge in [0.25, 0.3) is 5.69 Å². The fourth-order valence-electron chi connectivity index (χ4n) is 1.83. The molecule has 0 N–H and O–H groups in total. The molecule has 0 aliphatic rings. The average Bonchev–Trinajstić information content (AvgIpc) is 2.39. The molecule has 2 aromatic rings. The van der Waals surface area contributed by atoms with Crippen LogP contribution in [0.15, 0.2) is 46.9 Å². The lowest BCUT2D eigenvalue weighted by atomic mass is 10.0. The minimum absolute atomic E-state index is 0.000990. The van der Waals surface area contributed by atoms with Crippen molar-refractivity contribution in [2.45, 2.75) is 11.2 Å². The van der Waals surface area contributed by atoms with Gasteiger partial charge < -0.3 is 0 Å². The van der Waals surface area contributed by atoms with Gasteiger partial charge in [0.1, 0.15) is 5.82 Å². The molecule has 1 atom stereocenters. The fraction of sp³-hybridized carbons (Fsp3) is 0.143. The van der Waals surface area contributed by atoms with E-state index in [1.807, 2.05) is 0 Å². The van der Waals surface area contributed by atoms with E-state index in [2.05, 4.69) is 31.9 Å². The Morgan fingerprint density at radius 3 is 2.40 bits per heavy atom. The molecule has 0 spiro atoms. The van der Waals surface area contributed by atoms with Gasteiger partial charge in [-0.25, -0.2) is 4.39 Å². The summed E-state index contributed by atoms with van der Waals surface area (Å²) in [5.74, 6) is -0.296. The molecule has 3 nitrogen and oxygen atoms in total. The van der Waals surface area contributed by atoms with Gasteiger partial charge in [-0.1, -0.05) is 50.1 Å². The highest BCUT2D eigenvalue weighted by atomic mass is 79.9. The fourth-order valence-corrected chi connectivity index (χ4v) is 3.53. The number of rotatable bonds is 4. The second kappa shape index (κ2) is 6.45. The summed E-state index contributed by atoms with van der Waals surface area (Å²) in [6.45, 7) is 0. The van der Waals surface area contributed by atoms with Crippen molar-refractivity contribution in [1.29, 1.82) is 0 Å². The average molecular weight is 403 g/mol. The largest absolute Gasteiger partial charge is 0.269 e. The van der Waals surface area contributed by atoms with Crippen molar-refractivity contribution in [3.63, 3.8) is 0 Å². The van der Waals surface area contributed by atoms with Crippen LogP contribution in [0.25, 0.3) is 0 Å². The maximum atomic E-state index is 13.0. The van der Waals surface area contributed by atoms with E-state index in [1.54, 1.807) is 18.2 Å². The monoisotopic (exact) mass is 401 g/mol. The predicted octanol–water partition coefficient (Wildman–Crippen LogP) is 5.18. The number of nitrogens with zero attached hydrogens (tertiary/aromatic N) is 1. The first-order valence-corrected chi connectivity index (χ1v) is 7.50. The predicted molar refractivity (Wildman–Crippen MR) is 82.6 cm³/mol. The molecular formula is C14H10Br2FNO2. The third-order valence-corrected chi connectivity index (χ3v) is 4.37. The van der Waals surface area contributed by atoms with E-state index in [-0.39, 0.29) is 16.3 Å². The number of alkyl halides is 1. The zero-order valence-electron chi connectivity index (χ0n) is 10.2. The van der Waals surface area contributed by atoms with Gasteiger partial charge in [0.05, 0.1) is 4.92 Å². The maximum absolute atomic E-state index is 13.0. The summed E-state index contributed by atoms with van der Waals surface area (Å²) in [5.41, 5.74) is 1.97. The van der Waals surface area contributed by atoms with E-state index < -0.39 is 4.92 Å². The molecule has 0 aromatic heterocycles. The highest BCUT2D eigenvalue weighted by Gasteiger charge is 2.13. The topological polar surface area (TPSA) is 43.1 Å². The molecule has 0 saturated carbocycles. The van der Waals surface area contributed by atoms with Crippen LogP contribution in [0.5, 0.6) is 0 Å². The molecule has 0 saturated heterocycles. The highest BCUT2D eigenvalue weighted by Crippen LogP contribution is 2.33. The molecular weight excluding hydrogens is 393 g/mol. The standard InChI is InChI=1S/C14H10Br2FNO2/c15-13(12-6-3-10(17)8-14(12)16)7-9-1-4-11(5-2-9)18(19)20/h1-6,8,13H,7H2. The van der Waals surface area contributed by atoms with Crippen molar-refractivity contribution < 1.29 is 9.31 Å². The number of hydrogen-bond acceptors (Lipinski definition) is 2. The Labute approximate surface area is 132 Å². The van der Waals surface area contributed by atoms with Crippen molar-refractivity contribution in [3.05, 3.63) is 74.0 Å². The molecule has 0 heterocycles. The van der Waals surface area contributed by atoms with Crippen LogP contribution < -0.4 is 0 Å². The lowest BCUT2D eigenvalue weighted by molar-refractivity contribution is -0.384. The van der Waals surface area contributed by atoms with E-state index >= 15 is 0 Å². The smallest absolute Gasteiger partial charge is 0.258 e. The lowest BCUT2D eigenvalue weighted by Gasteiger charge is -2.12. The van der Waals surface area contributed by atoms with E-state index in [1.165, 1.54) is 24.3 Å². The van der Waals surface area contributed by atoms with E-state index in [0.29, 0.717) is 10.9 Å². The SMILES string of the molecule is O=[N+]([O-])c1ccc(CC(Br)c2ccc(F)cc2Br)cc1. The summed E-state index contributed by atoms with van der Waals surface area (Å²) in [6.07, 6.45) is 0.655. The zero-order valence-corrected chi connectivity index (χ0v) is 13.4. The molecule has 1 unspecified atom stereocenters. The first kappa shape index (κ1) is 15.1. The second-order valence-electron chi connectivity index (χ2n) is 4.26. The van der Waals surface area contributed by atoms with Gasteiger partial charge in [-0.2, -0.15) is 0 Å². The zero-order chi connectivity index (χ0) is 14.7. The summed E-state index contributed by atoms with van der Waals surface area (Å²) in [4.78, 5) is 10.2. The summed E-state index contributed by atoms with van der Waals surface area (Å²) < 4.78 is 13.7. The van der Waals surface area contributed by atoms with Gasteiger partial charge in [0.15, 0.2) is 0 Å². The molecule has 0 aliphatic carbocycles. The summed E-state index contributed by atoms with van der Waals surface area (Å²) in [6, 6.07) is 10.9. The summed E-state index contributed by atoms with van der Waals surface area (Å²) in [5, 5.41) is 10.6. The minimum Gasteiger partial charge on any atom is -0.258 e. The lowest BCUT2D eigenvalue weighted by Crippen LogP contribution is -1.97. The van der Waals surface area contributed by atoms with E-state index in [0.717, 1.165) is 11.1 Å². The van der Waals surface area contributed by atoms with Gasteiger partial charge in [-0.3, -0.25) is 10.1 Å². The molecule has 0 aliphatic heterocycles. The number of benzene rings is 2. The third kappa shape index (κ3) is 3.64. The van der Waals surface area contributed by atoms with Crippen molar-refractivity contribution in [3.8, 4) is 0 Å². The van der Waals surface area contributed by atoms with Gasteiger partial charge in [-0.15, -0.1) is 0 Å². The number of hydrogen-bond donors (Lipinski definition) is 0. The minimum atomic E-state index is -0.425. The van der Waals surface area contributed by atoms with Gasteiger partial charge in [0.2, 0.25) is 0 Å². The molecule has 0 fully saturated rings. The van der Waals surface area contributed by atoms with Crippen LogP contribution in [-0.2, 0) is 6.42 Å². The maximum Gasteiger partial charge on any atom is 0.269 e. The molecule has 0 amide bonds. The Hall–Kier alpha value is -1.27. The Balaban J connectivity index is 2.14. The van der Waals surface area contributed by atoms with Gasteiger partial charge >= 0.3 is 0 Å². The Kier molecular flexibility index (Phi) is 4.88. The van der Waals surface area contributed by atoms with Crippen LogP contribution in [0.2, 0.25) is 0 Å². The van der Waals surface area contributed by atoms with Gasteiger partial charge in [0, 0.05) is 21.4 Å². The number of nitro groups is 1. The molecule has 0 bridgehead atoms. The molecule has 20 heavy (non-hydrogen) atoms. The van der Waals surface area contributed by atoms with Crippen LogP contribution in [-0.4, -0.2) is 4.92 Å². The van der Waals surface area contributed by atoms with Crippen LogP contribution in [0, 0.1) is 15.9 Å². The van der Waals surface area contributed by atoms with Crippen LogP contribution >= 0.6 is 31.9 Å². The summed E-state index contributed by atoms with van der Waals surface area (Å²) >= 11 is 6.89. The first-order chi connectivity index (χ1) is 9.47. The summed E-state index contributed by atoms with van der Waals surface area (Å²) in [7, 11) is 0. The van der Waals surface area contributed by atoms with Crippen molar-refractivity contribution in [2.24, 2.45) is 0 Å². The first-order valence-electron chi connectivity index (χ1n) is 5.79. The van der Waals surface area contributed by atoms with Crippen molar-refractivity contribution >= 4 is 37.5 Å². The van der Waals surface area contributed by atoms with Crippen LogP contribution in [0.1, 0.15) is 16.0 Å². The number of halogens is 3. The molecule has 2 rings (SSSR count). The Morgan fingerprint density at radius 1 is 1.20 bits per heavy atom. The highest BCUT2D eigenvalue weighted by molar-refractivity contribution is 9.11. The molecule has 2 aromatic carbocycles. The van der Waals surface area contributed by atoms with Crippen molar-refractivity contribution in [2.75, 3.05) is 0 Å². The Bertz CT molecular complexity index is 632. The normalized spacial score (nSPS) is 12.2. The number of non-ortho nitro benzene ring substituents is 1. The van der Waals surface area contributed by atoms with Crippen LogP contribution in [0.4, 0.5) is 10.1 Å². The third-order valence-electron chi connectivity index (χ3n) is 2.86. The van der Waals surface area contributed by atoms with E-state index in [4.69, 9.17) is 0 Å². The molecule has 104 valence electrons. The van der Waals surface area contributed by atoms with Crippen LogP contribution in [0.3, 0.4) is 0 Å². The van der Waals surface area contributed by atoms with E-state index in [9.17, 15) is 14.5 Å². The Morgan fingerprint density at radius 2 is 1.85 bits per heavy atom. The van der Waals surface area contributed by atoms with Crippen molar-refractivity contribution in [1.82, 2.24) is 0 Å². The quantitative estimate of drug-likeness (QED) is 0.402. The molecule has 0 radical (unpaired) electrons. The molecule has 6 heteroatoms. The van der Waals surface area contributed by atoms with Gasteiger partial charge in [-0.05, 0) is 29.7 Å².